The number of halogens is 1. The van der Waals surface area contributed by atoms with Gasteiger partial charge in [-0.2, -0.15) is 0 Å². The Hall–Kier alpha value is -1.07. The Morgan fingerprint density at radius 2 is 2.17 bits per heavy atom. The van der Waals surface area contributed by atoms with Gasteiger partial charge in [-0.15, -0.1) is 11.3 Å². The molecule has 1 aromatic carbocycles. The predicted molar refractivity (Wildman–Crippen MR) is 79.4 cm³/mol. The van der Waals surface area contributed by atoms with E-state index < -0.39 is 0 Å². The molecule has 0 saturated carbocycles. The molecule has 0 spiro atoms. The Balaban J connectivity index is 2.14. The van der Waals surface area contributed by atoms with E-state index in [1.165, 1.54) is 27.3 Å². The fourth-order valence-corrected chi connectivity index (χ4v) is 3.33. The molecule has 1 aromatic heterocycles. The highest BCUT2D eigenvalue weighted by molar-refractivity contribution is 9.10. The van der Waals surface area contributed by atoms with Crippen molar-refractivity contribution in [3.8, 4) is 5.75 Å². The van der Waals surface area contributed by atoms with Crippen molar-refractivity contribution >= 4 is 32.4 Å². The molecule has 18 heavy (non-hydrogen) atoms. The Labute approximate surface area is 119 Å². The second-order valence-corrected chi connectivity index (χ2v) is 5.95. The summed E-state index contributed by atoms with van der Waals surface area (Å²) in [4.78, 5) is 5.34. The van der Waals surface area contributed by atoms with E-state index in [-0.39, 0.29) is 0 Å². The van der Waals surface area contributed by atoms with E-state index in [1.54, 1.807) is 7.11 Å². The molecule has 2 aromatic rings. The molecule has 0 aliphatic heterocycles. The summed E-state index contributed by atoms with van der Waals surface area (Å²) in [5, 5.41) is 0.605. The molecule has 5 heteroatoms. The first-order valence-electron chi connectivity index (χ1n) is 5.64. The molecule has 0 aliphatic rings. The van der Waals surface area contributed by atoms with Crippen LogP contribution < -0.4 is 10.5 Å². The van der Waals surface area contributed by atoms with Gasteiger partial charge in [-0.05, 0) is 47.3 Å². The van der Waals surface area contributed by atoms with Gasteiger partial charge >= 0.3 is 0 Å². The van der Waals surface area contributed by atoms with Gasteiger partial charge in [0.1, 0.15) is 10.4 Å². The number of nitrogen functional groups attached to an aromatic ring is 1. The van der Waals surface area contributed by atoms with Crippen LogP contribution in [0, 0.1) is 6.92 Å². The number of nitrogens with two attached hydrogens (primary N) is 1. The number of nitrogens with zero attached hydrogens (tertiary/aromatic N) is 1. The van der Waals surface area contributed by atoms with Crippen LogP contribution in [0.2, 0.25) is 0 Å². The molecular formula is C13H15BrN2OS. The average molecular weight is 327 g/mol. The minimum absolute atomic E-state index is 0.605. The molecule has 2 N–H and O–H groups in total. The number of aromatic nitrogens is 1. The number of hydrogen-bond donors (Lipinski definition) is 1. The first-order valence-corrected chi connectivity index (χ1v) is 7.25. The molecule has 0 bridgehead atoms. The van der Waals surface area contributed by atoms with Crippen molar-refractivity contribution in [2.45, 2.75) is 19.8 Å². The first kappa shape index (κ1) is 13.4. The number of ether oxygens (including phenoxy) is 1. The lowest BCUT2D eigenvalue weighted by molar-refractivity contribution is 0.409. The number of thiazole rings is 1. The van der Waals surface area contributed by atoms with Crippen molar-refractivity contribution in [3.63, 3.8) is 0 Å². The summed E-state index contributed by atoms with van der Waals surface area (Å²) < 4.78 is 6.23. The van der Waals surface area contributed by atoms with Crippen molar-refractivity contribution in [1.82, 2.24) is 4.98 Å². The molecule has 0 unspecified atom stereocenters. The third-order valence-corrected chi connectivity index (χ3v) is 4.59. The van der Waals surface area contributed by atoms with E-state index >= 15 is 0 Å². The molecule has 0 atom stereocenters. The van der Waals surface area contributed by atoms with E-state index in [9.17, 15) is 0 Å². The largest absolute Gasteiger partial charge is 0.496 e. The number of rotatable bonds is 4. The van der Waals surface area contributed by atoms with Gasteiger partial charge in [0.25, 0.3) is 0 Å². The summed E-state index contributed by atoms with van der Waals surface area (Å²) in [6, 6.07) is 6.24. The van der Waals surface area contributed by atoms with E-state index in [2.05, 4.69) is 40.0 Å². The highest BCUT2D eigenvalue weighted by atomic mass is 79.9. The van der Waals surface area contributed by atoms with Crippen LogP contribution in [0.4, 0.5) is 5.13 Å². The standard InChI is InChI=1S/C13H15BrN2OS/c1-8-3-5-10(17-2)9(7-8)4-6-11-12(14)16-13(15)18-11/h3,5,7H,4,6H2,1-2H3,(H2,15,16). The van der Waals surface area contributed by atoms with E-state index in [0.29, 0.717) is 5.13 Å². The zero-order chi connectivity index (χ0) is 13.1. The molecule has 3 nitrogen and oxygen atoms in total. The van der Waals surface area contributed by atoms with Crippen LogP contribution in [-0.4, -0.2) is 12.1 Å². The maximum absolute atomic E-state index is 5.68. The minimum atomic E-state index is 0.605. The smallest absolute Gasteiger partial charge is 0.181 e. The Morgan fingerprint density at radius 1 is 1.39 bits per heavy atom. The summed E-state index contributed by atoms with van der Waals surface area (Å²) >= 11 is 4.96. The lowest BCUT2D eigenvalue weighted by Gasteiger charge is -2.08. The number of anilines is 1. The Morgan fingerprint density at radius 3 is 2.78 bits per heavy atom. The van der Waals surface area contributed by atoms with Gasteiger partial charge < -0.3 is 10.5 Å². The molecular weight excluding hydrogens is 312 g/mol. The predicted octanol–water partition coefficient (Wildman–Crippen LogP) is 3.59. The zero-order valence-corrected chi connectivity index (χ0v) is 12.8. The van der Waals surface area contributed by atoms with Crippen molar-refractivity contribution in [1.29, 1.82) is 0 Å². The van der Waals surface area contributed by atoms with Gasteiger partial charge in [-0.1, -0.05) is 17.7 Å². The molecule has 0 amide bonds. The van der Waals surface area contributed by atoms with Gasteiger partial charge in [-0.3, -0.25) is 0 Å². The highest BCUT2D eigenvalue weighted by Gasteiger charge is 2.09. The Kier molecular flexibility index (Phi) is 4.24. The van der Waals surface area contributed by atoms with E-state index in [4.69, 9.17) is 10.5 Å². The van der Waals surface area contributed by atoms with Gasteiger partial charge in [0.05, 0.1) is 7.11 Å². The van der Waals surface area contributed by atoms with Crippen molar-refractivity contribution in [3.05, 3.63) is 38.8 Å². The average Bonchev–Trinajstić information content (AvgIpc) is 2.65. The SMILES string of the molecule is COc1ccc(C)cc1CCc1sc(N)nc1Br. The lowest BCUT2D eigenvalue weighted by Crippen LogP contribution is -1.95. The fraction of sp³-hybridized carbons (Fsp3) is 0.308. The molecule has 1 heterocycles. The summed E-state index contributed by atoms with van der Waals surface area (Å²) in [5.74, 6) is 0.939. The highest BCUT2D eigenvalue weighted by Crippen LogP contribution is 2.28. The quantitative estimate of drug-likeness (QED) is 0.933. The number of aryl methyl sites for hydroxylation is 3. The normalized spacial score (nSPS) is 10.6. The second kappa shape index (κ2) is 5.71. The zero-order valence-electron chi connectivity index (χ0n) is 10.4. The van der Waals surface area contributed by atoms with Crippen molar-refractivity contribution < 1.29 is 4.74 Å². The van der Waals surface area contributed by atoms with Crippen LogP contribution in [0.3, 0.4) is 0 Å². The summed E-state index contributed by atoms with van der Waals surface area (Å²) in [7, 11) is 1.70. The van der Waals surface area contributed by atoms with E-state index in [0.717, 1.165) is 23.2 Å². The molecule has 0 saturated heterocycles. The first-order chi connectivity index (χ1) is 8.60. The fourth-order valence-electron chi connectivity index (χ4n) is 1.86. The second-order valence-electron chi connectivity index (χ2n) is 4.08. The van der Waals surface area contributed by atoms with Crippen LogP contribution in [0.1, 0.15) is 16.0 Å². The van der Waals surface area contributed by atoms with Crippen LogP contribution >= 0.6 is 27.3 Å². The number of benzene rings is 1. The van der Waals surface area contributed by atoms with Crippen LogP contribution in [-0.2, 0) is 12.8 Å². The summed E-state index contributed by atoms with van der Waals surface area (Å²) in [5.41, 5.74) is 8.14. The van der Waals surface area contributed by atoms with Crippen molar-refractivity contribution in [2.75, 3.05) is 12.8 Å². The maximum Gasteiger partial charge on any atom is 0.181 e. The maximum atomic E-state index is 5.68. The molecule has 0 fully saturated rings. The summed E-state index contributed by atoms with van der Waals surface area (Å²) in [6.45, 7) is 2.09. The van der Waals surface area contributed by atoms with Gasteiger partial charge in [0.2, 0.25) is 0 Å². The topological polar surface area (TPSA) is 48.1 Å². The van der Waals surface area contributed by atoms with Crippen LogP contribution in [0.15, 0.2) is 22.8 Å². The third-order valence-electron chi connectivity index (χ3n) is 2.72. The monoisotopic (exact) mass is 326 g/mol. The van der Waals surface area contributed by atoms with Gasteiger partial charge in [0, 0.05) is 4.88 Å². The lowest BCUT2D eigenvalue weighted by atomic mass is 10.1. The van der Waals surface area contributed by atoms with Crippen LogP contribution in [0.5, 0.6) is 5.75 Å². The summed E-state index contributed by atoms with van der Waals surface area (Å²) in [6.07, 6.45) is 1.83. The number of methoxy groups -OCH3 is 1. The minimum Gasteiger partial charge on any atom is -0.496 e. The number of hydrogen-bond acceptors (Lipinski definition) is 4. The van der Waals surface area contributed by atoms with E-state index in [1.807, 2.05) is 6.07 Å². The Bertz CT molecular complexity index is 554. The molecule has 0 radical (unpaired) electrons. The third kappa shape index (κ3) is 3.03. The molecule has 96 valence electrons. The van der Waals surface area contributed by atoms with Gasteiger partial charge in [-0.25, -0.2) is 4.98 Å². The van der Waals surface area contributed by atoms with Crippen LogP contribution in [0.25, 0.3) is 0 Å². The van der Waals surface area contributed by atoms with Crippen molar-refractivity contribution in [2.24, 2.45) is 0 Å². The molecule has 2 rings (SSSR count). The van der Waals surface area contributed by atoms with Gasteiger partial charge in [0.15, 0.2) is 5.13 Å². The molecule has 0 aliphatic carbocycles.